The fourth-order valence-electron chi connectivity index (χ4n) is 18.4. The van der Waals surface area contributed by atoms with Gasteiger partial charge in [-0.15, -0.1) is 0 Å². The molecule has 18 aromatic rings. The average Bonchev–Trinajstić information content (AvgIpc) is 1.54. The van der Waals surface area contributed by atoms with E-state index < -0.39 is 10.8 Å². The average molecular weight is 1430 g/mol. The lowest BCUT2D eigenvalue weighted by Gasteiger charge is -2.40. The molecule has 6 heteroatoms. The normalized spacial score (nSPS) is 14.0. The van der Waals surface area contributed by atoms with Gasteiger partial charge in [-0.3, -0.25) is 0 Å². The highest BCUT2D eigenvalue weighted by Crippen LogP contribution is 2.66. The number of ether oxygens (including phenoxy) is 2. The highest BCUT2D eigenvalue weighted by atomic mass is 16.5. The summed E-state index contributed by atoms with van der Waals surface area (Å²) in [5.74, 6) is 4.65. The van der Waals surface area contributed by atoms with Crippen LogP contribution in [0.15, 0.2) is 400 Å². The summed E-state index contributed by atoms with van der Waals surface area (Å²) in [5.41, 5.74) is 32.6. The second-order valence-electron chi connectivity index (χ2n) is 29.3. The molecule has 2 aliphatic carbocycles. The Labute approximate surface area is 649 Å². The fourth-order valence-corrected chi connectivity index (χ4v) is 18.4. The molecule has 1 unspecified atom stereocenters. The van der Waals surface area contributed by atoms with Crippen molar-refractivity contribution in [3.8, 4) is 169 Å². The topological polar surface area (TPSA) is 70.0 Å². The van der Waals surface area contributed by atoms with Gasteiger partial charge in [-0.25, -0.2) is 19.9 Å². The number of nitrogens with zero attached hydrogens (tertiary/aromatic N) is 4. The third-order valence-corrected chi connectivity index (χ3v) is 23.3. The standard InChI is InChI=1S/C106H66N4O2/c1-5-28-67(29-6-1)75-62-76(64-77(63-75)96-65-94(107-103(109-96)73-32-9-3-10-33-73)71-58-54-69(55-59-71)80-42-26-50-92-101(80)111-98-52-23-21-47-89(98)105(92)86-44-18-15-37-82(86)83-38-16-19-45-87(83)105)79-41-25-49-91-100(79)85-40-17-20-46-88(85)106(91)90-48-22-24-53-99(90)112-102-81(43-27-51-93(102)106)70-56-60-72(61-57-70)95-66-97(110-104(108-95)74-34-11-4-12-35-74)84-39-14-13-36-78(84)68-30-7-2-8-31-68/h1-66H. The summed E-state index contributed by atoms with van der Waals surface area (Å²) in [5, 5.41) is 0. The van der Waals surface area contributed by atoms with E-state index in [4.69, 9.17) is 29.4 Å². The van der Waals surface area contributed by atoms with Crippen LogP contribution < -0.4 is 9.47 Å². The first-order valence-corrected chi connectivity index (χ1v) is 38.2. The lowest BCUT2D eigenvalue weighted by atomic mass is 9.65. The van der Waals surface area contributed by atoms with E-state index in [2.05, 4.69) is 376 Å². The lowest BCUT2D eigenvalue weighted by Crippen LogP contribution is -2.32. The Morgan fingerprint density at radius 2 is 0.491 bits per heavy atom. The maximum absolute atomic E-state index is 7.35. The zero-order chi connectivity index (χ0) is 73.9. The molecule has 2 aliphatic heterocycles. The molecule has 4 aliphatic rings. The first kappa shape index (κ1) is 64.5. The number of para-hydroxylation sites is 4. The molecule has 112 heavy (non-hydrogen) atoms. The van der Waals surface area contributed by atoms with Crippen LogP contribution in [0.25, 0.3) is 146 Å². The molecule has 22 rings (SSSR count). The van der Waals surface area contributed by atoms with Gasteiger partial charge >= 0.3 is 0 Å². The van der Waals surface area contributed by atoms with Crippen molar-refractivity contribution in [1.82, 2.24) is 19.9 Å². The highest BCUT2D eigenvalue weighted by Gasteiger charge is 2.54. The van der Waals surface area contributed by atoms with E-state index in [9.17, 15) is 0 Å². The van der Waals surface area contributed by atoms with Crippen LogP contribution in [-0.2, 0) is 10.8 Å². The van der Waals surface area contributed by atoms with Crippen molar-refractivity contribution in [2.75, 3.05) is 0 Å². The van der Waals surface area contributed by atoms with Crippen LogP contribution in [-0.4, -0.2) is 19.9 Å². The van der Waals surface area contributed by atoms with Gasteiger partial charge in [0.05, 0.1) is 33.6 Å². The molecule has 522 valence electrons. The van der Waals surface area contributed by atoms with Gasteiger partial charge in [-0.2, -0.15) is 0 Å². The van der Waals surface area contributed by atoms with Gasteiger partial charge in [0.2, 0.25) is 0 Å². The van der Waals surface area contributed by atoms with Crippen LogP contribution >= 0.6 is 0 Å². The van der Waals surface area contributed by atoms with E-state index in [1.165, 1.54) is 44.5 Å². The predicted molar refractivity (Wildman–Crippen MR) is 452 cm³/mol. The molecule has 0 saturated carbocycles. The van der Waals surface area contributed by atoms with E-state index in [0.29, 0.717) is 11.6 Å². The molecular formula is C106H66N4O2. The van der Waals surface area contributed by atoms with Crippen LogP contribution in [0.3, 0.4) is 0 Å². The van der Waals surface area contributed by atoms with Crippen molar-refractivity contribution in [2.45, 2.75) is 10.8 Å². The summed E-state index contributed by atoms with van der Waals surface area (Å²) in [6.07, 6.45) is 0. The van der Waals surface area contributed by atoms with Crippen molar-refractivity contribution in [2.24, 2.45) is 0 Å². The van der Waals surface area contributed by atoms with Crippen molar-refractivity contribution >= 4 is 0 Å². The smallest absolute Gasteiger partial charge is 0.160 e. The summed E-state index contributed by atoms with van der Waals surface area (Å²) >= 11 is 0. The van der Waals surface area contributed by atoms with Crippen LogP contribution in [0.4, 0.5) is 0 Å². The Hall–Kier alpha value is -14.7. The molecule has 0 amide bonds. The minimum atomic E-state index is -0.778. The molecule has 1 atom stereocenters. The molecule has 6 nitrogen and oxygen atoms in total. The van der Waals surface area contributed by atoms with Crippen molar-refractivity contribution in [3.05, 3.63) is 445 Å². The molecule has 2 spiro atoms. The van der Waals surface area contributed by atoms with Gasteiger partial charge in [-0.1, -0.05) is 358 Å². The van der Waals surface area contributed by atoms with Crippen molar-refractivity contribution in [1.29, 1.82) is 0 Å². The highest BCUT2D eigenvalue weighted by molar-refractivity contribution is 6.00. The molecule has 4 heterocycles. The molecule has 0 N–H and O–H groups in total. The summed E-state index contributed by atoms with van der Waals surface area (Å²) in [4.78, 5) is 21.5. The summed E-state index contributed by atoms with van der Waals surface area (Å²) in [6, 6.07) is 144. The molecule has 0 radical (unpaired) electrons. The van der Waals surface area contributed by atoms with E-state index in [0.717, 1.165) is 157 Å². The minimum Gasteiger partial charge on any atom is -0.456 e. The van der Waals surface area contributed by atoms with Gasteiger partial charge in [-0.05, 0) is 131 Å². The predicted octanol–water partition coefficient (Wildman–Crippen LogP) is 26.5. The van der Waals surface area contributed by atoms with Crippen LogP contribution in [0.2, 0.25) is 0 Å². The lowest BCUT2D eigenvalue weighted by molar-refractivity contribution is 0.438. The number of rotatable bonds is 11. The quantitative estimate of drug-likeness (QED) is 0.129. The molecule has 0 saturated heterocycles. The van der Waals surface area contributed by atoms with E-state index in [1.54, 1.807) is 0 Å². The Morgan fingerprint density at radius 1 is 0.170 bits per heavy atom. The maximum Gasteiger partial charge on any atom is 0.160 e. The number of hydrogen-bond donors (Lipinski definition) is 0. The van der Waals surface area contributed by atoms with Gasteiger partial charge in [0.15, 0.2) is 11.6 Å². The van der Waals surface area contributed by atoms with Gasteiger partial charge in [0.1, 0.15) is 23.0 Å². The third kappa shape index (κ3) is 10.1. The summed E-state index contributed by atoms with van der Waals surface area (Å²) in [6.45, 7) is 0. The number of benzene rings is 16. The summed E-state index contributed by atoms with van der Waals surface area (Å²) in [7, 11) is 0. The zero-order valence-corrected chi connectivity index (χ0v) is 60.7. The first-order chi connectivity index (χ1) is 55.5. The number of hydrogen-bond acceptors (Lipinski definition) is 6. The van der Waals surface area contributed by atoms with E-state index in [-0.39, 0.29) is 0 Å². The number of aromatic nitrogens is 4. The first-order valence-electron chi connectivity index (χ1n) is 38.2. The van der Waals surface area contributed by atoms with Crippen molar-refractivity contribution < 1.29 is 9.47 Å². The third-order valence-electron chi connectivity index (χ3n) is 23.3. The van der Waals surface area contributed by atoms with E-state index >= 15 is 0 Å². The molecular weight excluding hydrogens is 1360 g/mol. The zero-order valence-electron chi connectivity index (χ0n) is 60.7. The Balaban J connectivity index is 0.663. The second kappa shape index (κ2) is 26.0. The van der Waals surface area contributed by atoms with Crippen LogP contribution in [0.1, 0.15) is 44.5 Å². The largest absolute Gasteiger partial charge is 0.456 e. The SMILES string of the molecule is c1ccc(-c2cc(-c3cc(-c4ccc(-c5cccc6c5Oc5ccccc5C65c6ccccc6-c6ccccc65)cc4)nc(-c4ccccc4)n3)cc(-c3cccc4c3-c3ccccc3C43c4ccccc4Oc4c(-c5ccc(-c6cc(-c7ccccc7-c7ccccc7)nc(-c7ccccc7)n6)cc5)cccc43)c2)cc1. The molecule has 0 bridgehead atoms. The molecule has 16 aromatic carbocycles. The Morgan fingerprint density at radius 3 is 1.01 bits per heavy atom. The monoisotopic (exact) mass is 1430 g/mol. The van der Waals surface area contributed by atoms with Gasteiger partial charge < -0.3 is 9.47 Å². The van der Waals surface area contributed by atoms with Gasteiger partial charge in [0, 0.05) is 66.8 Å². The van der Waals surface area contributed by atoms with Crippen molar-refractivity contribution in [3.63, 3.8) is 0 Å². The minimum absolute atomic E-state index is 0.575. The fraction of sp³-hybridized carbons (Fsp3) is 0.0189. The molecule has 2 aromatic heterocycles. The van der Waals surface area contributed by atoms with E-state index in [1.807, 2.05) is 24.3 Å². The Kier molecular flexibility index (Phi) is 15.0. The van der Waals surface area contributed by atoms with Crippen LogP contribution in [0.5, 0.6) is 23.0 Å². The summed E-state index contributed by atoms with van der Waals surface area (Å²) < 4.78 is 14.5. The van der Waals surface area contributed by atoms with Gasteiger partial charge in [0.25, 0.3) is 0 Å². The second-order valence-corrected chi connectivity index (χ2v) is 29.3. The number of fused-ring (bicyclic) bond motifs is 18. The Bertz CT molecular complexity index is 6750. The van der Waals surface area contributed by atoms with Crippen LogP contribution in [0, 0.1) is 0 Å². The maximum atomic E-state index is 7.35. The molecule has 0 fully saturated rings.